The lowest BCUT2D eigenvalue weighted by Gasteiger charge is -2.15. The van der Waals surface area contributed by atoms with Gasteiger partial charge in [0.05, 0.1) is 32.1 Å². The van der Waals surface area contributed by atoms with Gasteiger partial charge in [0.25, 0.3) is 0 Å². The quantitative estimate of drug-likeness (QED) is 0.494. The van der Waals surface area contributed by atoms with Gasteiger partial charge in [-0.1, -0.05) is 6.07 Å². The van der Waals surface area contributed by atoms with Gasteiger partial charge in [0.1, 0.15) is 0 Å². The van der Waals surface area contributed by atoms with Crippen LogP contribution in [0.3, 0.4) is 0 Å². The summed E-state index contributed by atoms with van der Waals surface area (Å²) in [5.41, 5.74) is 2.10. The molecule has 0 spiro atoms. The predicted octanol–water partition coefficient (Wildman–Crippen LogP) is 2.42. The van der Waals surface area contributed by atoms with Crippen LogP contribution in [0.15, 0.2) is 42.6 Å². The molecule has 0 saturated carbocycles. The minimum Gasteiger partial charge on any atom is -1.00 e. The normalized spacial score (nSPS) is 10.4. The maximum Gasteiger partial charge on any atom is 0.161 e. The van der Waals surface area contributed by atoms with E-state index < -0.39 is 0 Å². The molecule has 0 bridgehead atoms. The average molecular weight is 431 g/mol. The van der Waals surface area contributed by atoms with E-state index in [1.807, 2.05) is 64.2 Å². The van der Waals surface area contributed by atoms with Crippen molar-refractivity contribution in [3.8, 4) is 23.0 Å². The van der Waals surface area contributed by atoms with E-state index in [0.29, 0.717) is 32.8 Å². The molecule has 0 amide bonds. The predicted molar refractivity (Wildman–Crippen MR) is 116 cm³/mol. The fraction of sp³-hybridized carbons (Fsp3) is 0.375. The molecule has 0 radical (unpaired) electrons. The third kappa shape index (κ3) is 5.48. The minimum absolute atomic E-state index is 0. The largest absolute Gasteiger partial charge is 1.00 e. The maximum atomic E-state index is 5.81. The molecule has 0 saturated heterocycles. The second-order valence-corrected chi connectivity index (χ2v) is 6.47. The Labute approximate surface area is 184 Å². The van der Waals surface area contributed by atoms with E-state index in [1.54, 1.807) is 0 Å². The Morgan fingerprint density at radius 3 is 1.87 bits per heavy atom. The molecule has 0 atom stereocenters. The highest BCUT2D eigenvalue weighted by Crippen LogP contribution is 2.35. The van der Waals surface area contributed by atoms with Crippen molar-refractivity contribution in [2.45, 2.75) is 34.1 Å². The molecule has 3 rings (SSSR count). The number of hydrogen-bond acceptors (Lipinski definition) is 5. The van der Waals surface area contributed by atoms with Gasteiger partial charge in [-0.05, 0) is 69.0 Å². The lowest BCUT2D eigenvalue weighted by molar-refractivity contribution is -0.00000791. The fourth-order valence-electron chi connectivity index (χ4n) is 3.32. The lowest BCUT2D eigenvalue weighted by Crippen LogP contribution is -3.00. The van der Waals surface area contributed by atoms with Crippen molar-refractivity contribution in [3.63, 3.8) is 0 Å². The highest BCUT2D eigenvalue weighted by molar-refractivity contribution is 5.88. The smallest absolute Gasteiger partial charge is 0.161 e. The Morgan fingerprint density at radius 1 is 0.667 bits per heavy atom. The van der Waals surface area contributed by atoms with Gasteiger partial charge in [-0.2, -0.15) is 0 Å². The molecule has 0 unspecified atom stereocenters. The summed E-state index contributed by atoms with van der Waals surface area (Å²) in [6, 6.07) is 12.1. The Hall–Kier alpha value is -2.66. The third-order valence-corrected chi connectivity index (χ3v) is 4.49. The zero-order valence-corrected chi connectivity index (χ0v) is 18.8. The SMILES string of the molecule is CCOc1ccc(Cc2nccc3cc(OCC)c(OCC)cc23)cc1OCC.[Cl-]. The number of fused-ring (bicyclic) bond motifs is 1. The second-order valence-electron chi connectivity index (χ2n) is 6.47. The Kier molecular flexibility index (Phi) is 9.06. The number of nitrogens with zero attached hydrogens (tertiary/aromatic N) is 1. The fourth-order valence-corrected chi connectivity index (χ4v) is 3.32. The number of aromatic nitrogens is 1. The van der Waals surface area contributed by atoms with Gasteiger partial charge in [0.15, 0.2) is 23.0 Å². The van der Waals surface area contributed by atoms with Crippen LogP contribution in [0.2, 0.25) is 0 Å². The Morgan fingerprint density at radius 2 is 1.23 bits per heavy atom. The summed E-state index contributed by atoms with van der Waals surface area (Å²) in [7, 11) is 0. The molecule has 5 nitrogen and oxygen atoms in total. The molecule has 30 heavy (non-hydrogen) atoms. The second kappa shape index (κ2) is 11.5. The van der Waals surface area contributed by atoms with Crippen LogP contribution in [0, 0.1) is 0 Å². The van der Waals surface area contributed by atoms with Crippen molar-refractivity contribution in [2.75, 3.05) is 26.4 Å². The molecule has 0 N–H and O–H groups in total. The summed E-state index contributed by atoms with van der Waals surface area (Å²) in [4.78, 5) is 4.65. The van der Waals surface area contributed by atoms with Gasteiger partial charge in [-0.3, -0.25) is 4.98 Å². The number of ether oxygens (including phenoxy) is 4. The summed E-state index contributed by atoms with van der Waals surface area (Å²) >= 11 is 0. The molecule has 0 aliphatic heterocycles. The van der Waals surface area contributed by atoms with Crippen LogP contribution in [0.4, 0.5) is 0 Å². The summed E-state index contributed by atoms with van der Waals surface area (Å²) in [6.07, 6.45) is 2.52. The number of halogens is 1. The molecule has 0 aliphatic carbocycles. The number of rotatable bonds is 10. The standard InChI is InChI=1S/C24H29NO4.ClH/c1-5-26-21-10-9-17(14-22(21)27-6-2)13-20-19-16-24(29-8-4)23(28-7-3)15-18(19)11-12-25-20;/h9-12,14-16H,5-8,13H2,1-4H3;1H/p-1. The maximum absolute atomic E-state index is 5.81. The van der Waals surface area contributed by atoms with Crippen LogP contribution >= 0.6 is 0 Å². The van der Waals surface area contributed by atoms with Gasteiger partial charge >= 0.3 is 0 Å². The first-order valence-electron chi connectivity index (χ1n) is 10.3. The molecule has 162 valence electrons. The minimum atomic E-state index is 0. The Bertz CT molecular complexity index is 961. The van der Waals surface area contributed by atoms with Gasteiger partial charge < -0.3 is 31.4 Å². The van der Waals surface area contributed by atoms with Crippen LogP contribution < -0.4 is 31.4 Å². The summed E-state index contributed by atoms with van der Waals surface area (Å²) in [5.74, 6) is 3.04. The zero-order valence-electron chi connectivity index (χ0n) is 18.0. The van der Waals surface area contributed by atoms with E-state index in [4.69, 9.17) is 18.9 Å². The molecule has 6 heteroatoms. The molecule has 0 fully saturated rings. The van der Waals surface area contributed by atoms with Crippen LogP contribution in [-0.2, 0) is 6.42 Å². The number of pyridine rings is 1. The molecule has 1 aromatic heterocycles. The zero-order chi connectivity index (χ0) is 20.6. The monoisotopic (exact) mass is 430 g/mol. The summed E-state index contributed by atoms with van der Waals surface area (Å²) in [6.45, 7) is 10.3. The summed E-state index contributed by atoms with van der Waals surface area (Å²) in [5, 5.41) is 2.14. The van der Waals surface area contributed by atoms with Crippen LogP contribution in [0.25, 0.3) is 10.8 Å². The van der Waals surface area contributed by atoms with Crippen molar-refractivity contribution >= 4 is 10.8 Å². The van der Waals surface area contributed by atoms with Gasteiger partial charge in [-0.15, -0.1) is 0 Å². The summed E-state index contributed by atoms with van der Waals surface area (Å²) < 4.78 is 23.0. The van der Waals surface area contributed by atoms with Gasteiger partial charge in [-0.25, -0.2) is 0 Å². The van der Waals surface area contributed by atoms with E-state index in [9.17, 15) is 0 Å². The number of hydrogen-bond donors (Lipinski definition) is 0. The van der Waals surface area contributed by atoms with Crippen LogP contribution in [0.1, 0.15) is 39.0 Å². The van der Waals surface area contributed by atoms with E-state index in [-0.39, 0.29) is 12.4 Å². The first-order chi connectivity index (χ1) is 14.2. The first-order valence-corrected chi connectivity index (χ1v) is 10.3. The topological polar surface area (TPSA) is 49.8 Å². The van der Waals surface area contributed by atoms with Gasteiger partial charge in [0, 0.05) is 18.0 Å². The van der Waals surface area contributed by atoms with Crippen molar-refractivity contribution in [1.29, 1.82) is 0 Å². The van der Waals surface area contributed by atoms with Crippen molar-refractivity contribution < 1.29 is 31.4 Å². The van der Waals surface area contributed by atoms with E-state index in [1.165, 1.54) is 0 Å². The van der Waals surface area contributed by atoms with Crippen LogP contribution in [0.5, 0.6) is 23.0 Å². The van der Waals surface area contributed by atoms with Crippen LogP contribution in [-0.4, -0.2) is 31.4 Å². The first kappa shape index (κ1) is 23.6. The highest BCUT2D eigenvalue weighted by atomic mass is 35.5. The lowest BCUT2D eigenvalue weighted by atomic mass is 10.0. The van der Waals surface area contributed by atoms with Crippen molar-refractivity contribution in [1.82, 2.24) is 4.98 Å². The van der Waals surface area contributed by atoms with E-state index >= 15 is 0 Å². The van der Waals surface area contributed by atoms with Gasteiger partial charge in [0.2, 0.25) is 0 Å². The average Bonchev–Trinajstić information content (AvgIpc) is 2.71. The molecule has 2 aromatic carbocycles. The molecular weight excluding hydrogens is 402 g/mol. The highest BCUT2D eigenvalue weighted by Gasteiger charge is 2.13. The van der Waals surface area contributed by atoms with E-state index in [0.717, 1.165) is 45.0 Å². The molecule has 1 heterocycles. The molecule has 0 aliphatic rings. The van der Waals surface area contributed by atoms with Crippen molar-refractivity contribution in [3.05, 3.63) is 53.9 Å². The molecule has 3 aromatic rings. The number of benzene rings is 2. The van der Waals surface area contributed by atoms with E-state index in [2.05, 4.69) is 11.1 Å². The Balaban J connectivity index is 0.00000320. The molecular formula is C24H29ClNO4-. The van der Waals surface area contributed by atoms with Crippen molar-refractivity contribution in [2.24, 2.45) is 0 Å². The third-order valence-electron chi connectivity index (χ3n) is 4.49.